The third-order valence-electron chi connectivity index (χ3n) is 1.42. The first-order valence-corrected chi connectivity index (χ1v) is 5.81. The van der Waals surface area contributed by atoms with Crippen molar-refractivity contribution in [3.8, 4) is 6.19 Å². The van der Waals surface area contributed by atoms with Gasteiger partial charge in [0.1, 0.15) is 0 Å². The minimum absolute atomic E-state index is 0.589. The fourth-order valence-corrected chi connectivity index (χ4v) is 1.61. The van der Waals surface area contributed by atoms with Crippen LogP contribution in [-0.2, 0) is 0 Å². The van der Waals surface area contributed by atoms with E-state index in [-0.39, 0.29) is 0 Å². The number of aliphatic imine (C=N–C) groups is 1. The van der Waals surface area contributed by atoms with Crippen LogP contribution in [0.2, 0.25) is 0 Å². The van der Waals surface area contributed by atoms with Crippen molar-refractivity contribution in [1.82, 2.24) is 0 Å². The minimum atomic E-state index is 0.589. The molecule has 0 aliphatic carbocycles. The van der Waals surface area contributed by atoms with Gasteiger partial charge in [-0.2, -0.15) is 5.26 Å². The molecule has 0 bridgehead atoms. The molecule has 1 N–H and O–H groups in total. The van der Waals surface area contributed by atoms with Gasteiger partial charge in [-0.05, 0) is 24.5 Å². The Balaban J connectivity index is 2.78. The lowest BCUT2D eigenvalue weighted by atomic mass is 10.3. The van der Waals surface area contributed by atoms with Gasteiger partial charge in [0.15, 0.2) is 5.17 Å². The summed E-state index contributed by atoms with van der Waals surface area (Å²) >= 11 is 4.76. The smallest absolute Gasteiger partial charge is 0.208 e. The van der Waals surface area contributed by atoms with Gasteiger partial charge in [0.25, 0.3) is 0 Å². The van der Waals surface area contributed by atoms with Gasteiger partial charge in [-0.25, -0.2) is 0 Å². The van der Waals surface area contributed by atoms with Crippen molar-refractivity contribution < 1.29 is 0 Å². The molecule has 72 valence electrons. The van der Waals surface area contributed by atoms with Gasteiger partial charge in [-0.3, -0.25) is 0 Å². The second-order valence-electron chi connectivity index (χ2n) is 2.36. The molecule has 1 rings (SSSR count). The predicted octanol–water partition coefficient (Wildman–Crippen LogP) is 3.06. The highest BCUT2D eigenvalue weighted by atomic mass is 79.9. The molecule has 0 spiro atoms. The summed E-state index contributed by atoms with van der Waals surface area (Å²) in [5.74, 6) is 0. The number of nitrogens with zero attached hydrogens (tertiary/aromatic N) is 2. The van der Waals surface area contributed by atoms with Crippen LogP contribution >= 0.6 is 27.7 Å². The van der Waals surface area contributed by atoms with E-state index >= 15 is 0 Å². The number of halogens is 1. The first-order valence-electron chi connectivity index (χ1n) is 3.79. The van der Waals surface area contributed by atoms with E-state index in [4.69, 9.17) is 5.26 Å². The first-order chi connectivity index (χ1) is 6.76. The Hall–Kier alpha value is -0.990. The highest BCUT2D eigenvalue weighted by Crippen LogP contribution is 2.16. The van der Waals surface area contributed by atoms with E-state index in [0.717, 1.165) is 10.2 Å². The van der Waals surface area contributed by atoms with Crippen LogP contribution in [0.4, 0.5) is 5.69 Å². The van der Waals surface area contributed by atoms with Crippen molar-refractivity contribution in [2.75, 3.05) is 11.6 Å². The standard InChI is InChI=1S/C9H8BrN3S/c1-14-9(12-6-11)13-8-4-2-3-7(10)5-8/h2-5H,1H3,(H,12,13). The molecule has 5 heteroatoms. The van der Waals surface area contributed by atoms with E-state index in [2.05, 4.69) is 26.2 Å². The van der Waals surface area contributed by atoms with Crippen molar-refractivity contribution >= 4 is 38.5 Å². The quantitative estimate of drug-likeness (QED) is 0.484. The lowest BCUT2D eigenvalue weighted by molar-refractivity contribution is 1.44. The Bertz CT molecular complexity index is 384. The Kier molecular flexibility index (Phi) is 4.50. The molecule has 0 saturated heterocycles. The van der Waals surface area contributed by atoms with Crippen LogP contribution in [0.25, 0.3) is 0 Å². The van der Waals surface area contributed by atoms with E-state index in [9.17, 15) is 0 Å². The van der Waals surface area contributed by atoms with Gasteiger partial charge in [-0.15, -0.1) is 4.99 Å². The van der Waals surface area contributed by atoms with Gasteiger partial charge in [0.05, 0.1) is 0 Å². The van der Waals surface area contributed by atoms with E-state index in [1.54, 1.807) is 6.19 Å². The summed E-state index contributed by atoms with van der Waals surface area (Å²) in [6.07, 6.45) is 3.61. The summed E-state index contributed by atoms with van der Waals surface area (Å²) in [4.78, 5) is 3.63. The average molecular weight is 270 g/mol. The maximum absolute atomic E-state index is 8.40. The van der Waals surface area contributed by atoms with Crippen LogP contribution in [0.15, 0.2) is 33.7 Å². The minimum Gasteiger partial charge on any atom is -0.334 e. The fraction of sp³-hybridized carbons (Fsp3) is 0.111. The Morgan fingerprint density at radius 2 is 2.43 bits per heavy atom. The molecule has 0 fully saturated rings. The van der Waals surface area contributed by atoms with Crippen LogP contribution in [0, 0.1) is 11.5 Å². The number of amidine groups is 1. The van der Waals surface area contributed by atoms with Gasteiger partial charge < -0.3 is 5.32 Å². The number of hydrogen-bond donors (Lipinski definition) is 1. The summed E-state index contributed by atoms with van der Waals surface area (Å²) < 4.78 is 0.986. The van der Waals surface area contributed by atoms with Crippen molar-refractivity contribution in [1.29, 1.82) is 5.26 Å². The Morgan fingerprint density at radius 1 is 1.64 bits per heavy atom. The van der Waals surface area contributed by atoms with Crippen molar-refractivity contribution in [2.45, 2.75) is 0 Å². The first kappa shape index (κ1) is 11.1. The number of nitriles is 1. The highest BCUT2D eigenvalue weighted by molar-refractivity contribution is 9.10. The third kappa shape index (κ3) is 3.40. The van der Waals surface area contributed by atoms with Crippen molar-refractivity contribution in [3.05, 3.63) is 28.7 Å². The molecule has 0 amide bonds. The maximum atomic E-state index is 8.40. The number of thioether (sulfide) groups is 1. The van der Waals surface area contributed by atoms with E-state index in [1.165, 1.54) is 11.8 Å². The lowest BCUT2D eigenvalue weighted by Gasteiger charge is -2.05. The Labute approximate surface area is 95.4 Å². The Morgan fingerprint density at radius 3 is 3.00 bits per heavy atom. The van der Waals surface area contributed by atoms with Gasteiger partial charge in [0, 0.05) is 10.2 Å². The summed E-state index contributed by atoms with van der Waals surface area (Å²) in [6, 6.07) is 7.68. The number of hydrogen-bond acceptors (Lipinski definition) is 3. The summed E-state index contributed by atoms with van der Waals surface area (Å²) in [5, 5.41) is 12.0. The average Bonchev–Trinajstić information content (AvgIpc) is 2.17. The molecular weight excluding hydrogens is 262 g/mol. The molecule has 1 aromatic carbocycles. The SMILES string of the molecule is CSC(=NC#N)Nc1cccc(Br)c1. The third-order valence-corrected chi connectivity index (χ3v) is 2.49. The number of rotatable bonds is 1. The molecule has 0 radical (unpaired) electrons. The van der Waals surface area contributed by atoms with E-state index in [0.29, 0.717) is 5.17 Å². The molecule has 0 heterocycles. The van der Waals surface area contributed by atoms with Crippen molar-refractivity contribution in [3.63, 3.8) is 0 Å². The van der Waals surface area contributed by atoms with Crippen LogP contribution in [0.1, 0.15) is 0 Å². The fourth-order valence-electron chi connectivity index (χ4n) is 0.860. The zero-order valence-corrected chi connectivity index (χ0v) is 9.89. The largest absolute Gasteiger partial charge is 0.334 e. The number of anilines is 1. The lowest BCUT2D eigenvalue weighted by Crippen LogP contribution is -2.06. The van der Waals surface area contributed by atoms with Gasteiger partial charge in [-0.1, -0.05) is 33.8 Å². The van der Waals surface area contributed by atoms with Crippen molar-refractivity contribution in [2.24, 2.45) is 4.99 Å². The number of benzene rings is 1. The number of nitrogens with one attached hydrogen (secondary N) is 1. The summed E-state index contributed by atoms with van der Waals surface area (Å²) in [5.41, 5.74) is 0.905. The molecule has 0 unspecified atom stereocenters. The van der Waals surface area contributed by atoms with Crippen LogP contribution in [-0.4, -0.2) is 11.4 Å². The van der Waals surface area contributed by atoms with E-state index < -0.39 is 0 Å². The molecule has 0 aromatic heterocycles. The molecular formula is C9H8BrN3S. The molecule has 0 aliphatic rings. The molecule has 1 aromatic rings. The maximum Gasteiger partial charge on any atom is 0.208 e. The zero-order valence-electron chi connectivity index (χ0n) is 7.49. The van der Waals surface area contributed by atoms with Gasteiger partial charge in [0.2, 0.25) is 6.19 Å². The predicted molar refractivity (Wildman–Crippen MR) is 64.3 cm³/mol. The normalized spacial score (nSPS) is 10.8. The molecule has 14 heavy (non-hydrogen) atoms. The second-order valence-corrected chi connectivity index (χ2v) is 4.07. The topological polar surface area (TPSA) is 48.2 Å². The highest BCUT2D eigenvalue weighted by Gasteiger charge is 1.98. The summed E-state index contributed by atoms with van der Waals surface area (Å²) in [7, 11) is 0. The summed E-state index contributed by atoms with van der Waals surface area (Å²) in [6.45, 7) is 0. The zero-order chi connectivity index (χ0) is 10.4. The van der Waals surface area contributed by atoms with E-state index in [1.807, 2.05) is 30.5 Å². The van der Waals surface area contributed by atoms with Crippen LogP contribution in [0.5, 0.6) is 0 Å². The molecule has 3 nitrogen and oxygen atoms in total. The van der Waals surface area contributed by atoms with Crippen LogP contribution in [0.3, 0.4) is 0 Å². The monoisotopic (exact) mass is 269 g/mol. The molecule has 0 aliphatic heterocycles. The van der Waals surface area contributed by atoms with Gasteiger partial charge >= 0.3 is 0 Å². The molecule has 0 saturated carbocycles. The van der Waals surface area contributed by atoms with Crippen LogP contribution < -0.4 is 5.32 Å². The second kappa shape index (κ2) is 5.68. The molecule has 0 atom stereocenters.